The van der Waals surface area contributed by atoms with Crippen LogP contribution in [-0.4, -0.2) is 38.0 Å². The predicted octanol–water partition coefficient (Wildman–Crippen LogP) is 1.32. The van der Waals surface area contributed by atoms with Gasteiger partial charge in [-0.1, -0.05) is 6.92 Å². The first kappa shape index (κ1) is 10.4. The Labute approximate surface area is 86.2 Å². The second-order valence-corrected chi connectivity index (χ2v) is 4.33. The van der Waals surface area contributed by atoms with Crippen LogP contribution in [0.25, 0.3) is 0 Å². The molecule has 0 amide bonds. The minimum absolute atomic E-state index is 0.274. The van der Waals surface area contributed by atoms with Gasteiger partial charge in [-0.05, 0) is 32.2 Å². The SMILES string of the molecule is CCNC1CC(OC2CCC2)C1OC. The number of hydrogen-bond donors (Lipinski definition) is 1. The van der Waals surface area contributed by atoms with Crippen LogP contribution in [0, 0.1) is 0 Å². The highest BCUT2D eigenvalue weighted by Gasteiger charge is 2.43. The summed E-state index contributed by atoms with van der Waals surface area (Å²) in [5.41, 5.74) is 0. The molecule has 0 aliphatic heterocycles. The Kier molecular flexibility index (Phi) is 3.42. The highest BCUT2D eigenvalue weighted by atomic mass is 16.5. The zero-order valence-electron chi connectivity index (χ0n) is 9.16. The fourth-order valence-electron chi connectivity index (χ4n) is 2.25. The molecule has 82 valence electrons. The van der Waals surface area contributed by atoms with Crippen molar-refractivity contribution in [2.75, 3.05) is 13.7 Å². The van der Waals surface area contributed by atoms with Gasteiger partial charge in [0.2, 0.25) is 0 Å². The van der Waals surface area contributed by atoms with E-state index in [0.717, 1.165) is 13.0 Å². The van der Waals surface area contributed by atoms with Crippen LogP contribution in [0.5, 0.6) is 0 Å². The van der Waals surface area contributed by atoms with Crippen LogP contribution < -0.4 is 5.32 Å². The van der Waals surface area contributed by atoms with Crippen LogP contribution in [-0.2, 0) is 9.47 Å². The highest BCUT2D eigenvalue weighted by molar-refractivity contribution is 4.97. The van der Waals surface area contributed by atoms with E-state index in [9.17, 15) is 0 Å². The molecule has 2 fully saturated rings. The van der Waals surface area contributed by atoms with Gasteiger partial charge in [-0.25, -0.2) is 0 Å². The lowest BCUT2D eigenvalue weighted by molar-refractivity contribution is -0.170. The van der Waals surface area contributed by atoms with Crippen molar-refractivity contribution in [3.05, 3.63) is 0 Å². The van der Waals surface area contributed by atoms with E-state index in [1.165, 1.54) is 19.3 Å². The summed E-state index contributed by atoms with van der Waals surface area (Å²) in [6, 6.07) is 0.509. The Bertz CT molecular complexity index is 182. The molecule has 0 aromatic carbocycles. The maximum absolute atomic E-state index is 5.94. The molecule has 0 aromatic heterocycles. The van der Waals surface area contributed by atoms with Crippen LogP contribution in [0.15, 0.2) is 0 Å². The Morgan fingerprint density at radius 1 is 1.36 bits per heavy atom. The molecule has 2 saturated carbocycles. The average Bonchev–Trinajstić information content (AvgIpc) is 2.07. The first-order valence-corrected chi connectivity index (χ1v) is 5.76. The zero-order chi connectivity index (χ0) is 9.97. The molecule has 0 aromatic rings. The van der Waals surface area contributed by atoms with Crippen molar-refractivity contribution < 1.29 is 9.47 Å². The summed E-state index contributed by atoms with van der Waals surface area (Å²) in [4.78, 5) is 0. The third-order valence-electron chi connectivity index (χ3n) is 3.41. The Morgan fingerprint density at radius 3 is 2.64 bits per heavy atom. The topological polar surface area (TPSA) is 30.5 Å². The van der Waals surface area contributed by atoms with E-state index in [0.29, 0.717) is 18.2 Å². The van der Waals surface area contributed by atoms with Crippen LogP contribution >= 0.6 is 0 Å². The van der Waals surface area contributed by atoms with Gasteiger partial charge in [-0.2, -0.15) is 0 Å². The Balaban J connectivity index is 1.72. The maximum atomic E-state index is 5.94. The third kappa shape index (κ3) is 1.95. The number of rotatable bonds is 5. The van der Waals surface area contributed by atoms with Crippen molar-refractivity contribution in [1.29, 1.82) is 0 Å². The predicted molar refractivity (Wildman–Crippen MR) is 55.4 cm³/mol. The number of hydrogen-bond acceptors (Lipinski definition) is 3. The summed E-state index contributed by atoms with van der Waals surface area (Å²) < 4.78 is 11.4. The second kappa shape index (κ2) is 4.60. The van der Waals surface area contributed by atoms with E-state index in [2.05, 4.69) is 12.2 Å². The van der Waals surface area contributed by atoms with E-state index in [-0.39, 0.29) is 6.10 Å². The van der Waals surface area contributed by atoms with E-state index in [1.807, 2.05) is 0 Å². The molecule has 1 N–H and O–H groups in total. The van der Waals surface area contributed by atoms with Crippen LogP contribution in [0.1, 0.15) is 32.6 Å². The molecular weight excluding hydrogens is 178 g/mol. The van der Waals surface area contributed by atoms with E-state index in [4.69, 9.17) is 9.47 Å². The molecule has 3 nitrogen and oxygen atoms in total. The van der Waals surface area contributed by atoms with E-state index < -0.39 is 0 Å². The lowest BCUT2D eigenvalue weighted by Gasteiger charge is -2.46. The smallest absolute Gasteiger partial charge is 0.0987 e. The van der Waals surface area contributed by atoms with Crippen molar-refractivity contribution in [2.45, 2.75) is 57.0 Å². The second-order valence-electron chi connectivity index (χ2n) is 4.33. The summed E-state index contributed by atoms with van der Waals surface area (Å²) >= 11 is 0. The van der Waals surface area contributed by atoms with Crippen LogP contribution in [0.3, 0.4) is 0 Å². The number of methoxy groups -OCH3 is 1. The van der Waals surface area contributed by atoms with Gasteiger partial charge in [-0.15, -0.1) is 0 Å². The van der Waals surface area contributed by atoms with Gasteiger partial charge in [0.15, 0.2) is 0 Å². The van der Waals surface area contributed by atoms with Gasteiger partial charge >= 0.3 is 0 Å². The summed E-state index contributed by atoms with van der Waals surface area (Å²) in [6.07, 6.45) is 6.09. The molecule has 2 aliphatic carbocycles. The molecule has 0 bridgehead atoms. The van der Waals surface area contributed by atoms with Gasteiger partial charge < -0.3 is 14.8 Å². The summed E-state index contributed by atoms with van der Waals surface area (Å²) in [5, 5.41) is 3.42. The zero-order valence-corrected chi connectivity index (χ0v) is 9.16. The largest absolute Gasteiger partial charge is 0.377 e. The normalized spacial score (nSPS) is 37.7. The summed E-state index contributed by atoms with van der Waals surface area (Å²) in [6.45, 7) is 3.15. The van der Waals surface area contributed by atoms with Crippen LogP contribution in [0.4, 0.5) is 0 Å². The quantitative estimate of drug-likeness (QED) is 0.724. The van der Waals surface area contributed by atoms with Gasteiger partial charge in [0.05, 0.1) is 18.3 Å². The average molecular weight is 199 g/mol. The number of ether oxygens (including phenoxy) is 2. The van der Waals surface area contributed by atoms with Crippen molar-refractivity contribution in [1.82, 2.24) is 5.32 Å². The highest BCUT2D eigenvalue weighted by Crippen LogP contribution is 2.32. The summed E-state index contributed by atoms with van der Waals surface area (Å²) in [7, 11) is 1.78. The van der Waals surface area contributed by atoms with Crippen molar-refractivity contribution in [2.24, 2.45) is 0 Å². The number of nitrogens with one attached hydrogen (secondary N) is 1. The van der Waals surface area contributed by atoms with E-state index >= 15 is 0 Å². The molecule has 2 aliphatic rings. The van der Waals surface area contributed by atoms with E-state index in [1.54, 1.807) is 7.11 Å². The van der Waals surface area contributed by atoms with Crippen molar-refractivity contribution in [3.8, 4) is 0 Å². The molecule has 14 heavy (non-hydrogen) atoms. The fourth-order valence-corrected chi connectivity index (χ4v) is 2.25. The molecule has 3 unspecified atom stereocenters. The summed E-state index contributed by atoms with van der Waals surface area (Å²) in [5.74, 6) is 0. The monoisotopic (exact) mass is 199 g/mol. The van der Waals surface area contributed by atoms with Crippen LogP contribution in [0.2, 0.25) is 0 Å². The molecule has 0 radical (unpaired) electrons. The van der Waals surface area contributed by atoms with Gasteiger partial charge in [-0.3, -0.25) is 0 Å². The Hall–Kier alpha value is -0.120. The van der Waals surface area contributed by atoms with Gasteiger partial charge in [0.1, 0.15) is 0 Å². The molecule has 0 saturated heterocycles. The van der Waals surface area contributed by atoms with Crippen molar-refractivity contribution in [3.63, 3.8) is 0 Å². The number of likely N-dealkylation sites (N-methyl/N-ethyl adjacent to an activating group) is 1. The standard InChI is InChI=1S/C11H21NO2/c1-3-12-9-7-10(11(9)13-2)14-8-5-4-6-8/h8-12H,3-7H2,1-2H3. The van der Waals surface area contributed by atoms with Gasteiger partial charge in [0, 0.05) is 13.2 Å². The van der Waals surface area contributed by atoms with Gasteiger partial charge in [0.25, 0.3) is 0 Å². The van der Waals surface area contributed by atoms with Crippen molar-refractivity contribution >= 4 is 0 Å². The molecule has 2 rings (SSSR count). The Morgan fingerprint density at radius 2 is 2.14 bits per heavy atom. The lowest BCUT2D eigenvalue weighted by Crippen LogP contribution is -2.60. The molecular formula is C11H21NO2. The molecule has 0 spiro atoms. The maximum Gasteiger partial charge on any atom is 0.0987 e. The third-order valence-corrected chi connectivity index (χ3v) is 3.41. The fraction of sp³-hybridized carbons (Fsp3) is 1.00. The molecule has 0 heterocycles. The minimum Gasteiger partial charge on any atom is -0.377 e. The first-order chi connectivity index (χ1) is 6.85. The lowest BCUT2D eigenvalue weighted by atomic mass is 9.84. The molecule has 3 atom stereocenters. The minimum atomic E-state index is 0.274. The first-order valence-electron chi connectivity index (χ1n) is 5.76. The molecule has 3 heteroatoms.